The minimum Gasteiger partial charge on any atom is -0.298 e. The van der Waals surface area contributed by atoms with Crippen LogP contribution in [0.1, 0.15) is 30.7 Å². The lowest BCUT2D eigenvalue weighted by Gasteiger charge is -2.19. The zero-order valence-electron chi connectivity index (χ0n) is 8.15. The van der Waals surface area contributed by atoms with Gasteiger partial charge in [-0.15, -0.1) is 0 Å². The molecule has 1 nitrogen and oxygen atoms in total. The lowest BCUT2D eigenvalue weighted by molar-refractivity contribution is -0.105. The number of aldehydes is 1. The van der Waals surface area contributed by atoms with Crippen molar-refractivity contribution in [3.8, 4) is 0 Å². The Balaban J connectivity index is 2.10. The molecule has 1 aromatic carbocycles. The maximum Gasteiger partial charge on any atom is 0.145 e. The number of rotatable bonds is 2. The maximum atomic E-state index is 10.5. The Morgan fingerprint density at radius 3 is 2.57 bits per heavy atom. The second-order valence-corrected chi connectivity index (χ2v) is 3.78. The van der Waals surface area contributed by atoms with Crippen LogP contribution in [-0.4, -0.2) is 6.29 Å². The van der Waals surface area contributed by atoms with E-state index >= 15 is 0 Å². The van der Waals surface area contributed by atoms with E-state index < -0.39 is 0 Å². The molecule has 0 aliphatic heterocycles. The van der Waals surface area contributed by atoms with Crippen LogP contribution in [0.25, 0.3) is 0 Å². The van der Waals surface area contributed by atoms with Crippen LogP contribution in [0.15, 0.2) is 42.0 Å². The molecule has 1 aromatic rings. The van der Waals surface area contributed by atoms with E-state index in [-0.39, 0.29) is 0 Å². The van der Waals surface area contributed by atoms with Crippen molar-refractivity contribution in [3.05, 3.63) is 47.5 Å². The van der Waals surface area contributed by atoms with Crippen molar-refractivity contribution in [1.29, 1.82) is 0 Å². The number of carbonyl (C=O) groups excluding carboxylic acids is 1. The lowest BCUT2D eigenvalue weighted by atomic mass is 9.85. The molecule has 1 aliphatic rings. The zero-order chi connectivity index (χ0) is 9.80. The first kappa shape index (κ1) is 9.20. The van der Waals surface area contributed by atoms with Crippen molar-refractivity contribution in [1.82, 2.24) is 0 Å². The minimum absolute atomic E-state index is 0.611. The number of hydrogen-bond donors (Lipinski definition) is 0. The third-order valence-corrected chi connectivity index (χ3v) is 2.87. The summed E-state index contributed by atoms with van der Waals surface area (Å²) in [6.45, 7) is 0. The Hall–Kier alpha value is -1.37. The minimum atomic E-state index is 0.611. The Kier molecular flexibility index (Phi) is 2.78. The van der Waals surface area contributed by atoms with Crippen LogP contribution >= 0.6 is 0 Å². The van der Waals surface area contributed by atoms with Gasteiger partial charge < -0.3 is 0 Å². The van der Waals surface area contributed by atoms with E-state index in [0.29, 0.717) is 5.92 Å². The van der Waals surface area contributed by atoms with Gasteiger partial charge in [0.1, 0.15) is 6.29 Å². The predicted molar refractivity (Wildman–Crippen MR) is 57.2 cm³/mol. The van der Waals surface area contributed by atoms with Gasteiger partial charge in [0.15, 0.2) is 0 Å². The summed E-state index contributed by atoms with van der Waals surface area (Å²) in [5.74, 6) is 0.611. The molecule has 0 aromatic heterocycles. The summed E-state index contributed by atoms with van der Waals surface area (Å²) in [4.78, 5) is 10.5. The van der Waals surface area contributed by atoms with Crippen LogP contribution in [0.2, 0.25) is 0 Å². The summed E-state index contributed by atoms with van der Waals surface area (Å²) < 4.78 is 0. The second kappa shape index (κ2) is 4.23. The molecule has 0 amide bonds. The van der Waals surface area contributed by atoms with Crippen molar-refractivity contribution in [3.63, 3.8) is 0 Å². The van der Waals surface area contributed by atoms with Crippen LogP contribution in [-0.2, 0) is 4.79 Å². The van der Waals surface area contributed by atoms with E-state index in [9.17, 15) is 4.79 Å². The van der Waals surface area contributed by atoms with Crippen LogP contribution in [0.5, 0.6) is 0 Å². The van der Waals surface area contributed by atoms with Gasteiger partial charge in [-0.2, -0.15) is 0 Å². The predicted octanol–water partition coefficient (Wildman–Crippen LogP) is 3.08. The quantitative estimate of drug-likeness (QED) is 0.649. The molecule has 0 saturated heterocycles. The van der Waals surface area contributed by atoms with E-state index in [2.05, 4.69) is 30.3 Å². The molecule has 14 heavy (non-hydrogen) atoms. The highest BCUT2D eigenvalue weighted by Crippen LogP contribution is 2.30. The number of hydrogen-bond acceptors (Lipinski definition) is 1. The van der Waals surface area contributed by atoms with Crippen molar-refractivity contribution in [2.24, 2.45) is 0 Å². The molecule has 72 valence electrons. The first-order valence-electron chi connectivity index (χ1n) is 5.09. The normalized spacial score (nSPS) is 21.4. The Morgan fingerprint density at radius 1 is 1.21 bits per heavy atom. The van der Waals surface area contributed by atoms with E-state index in [1.807, 2.05) is 6.07 Å². The van der Waals surface area contributed by atoms with E-state index in [1.165, 1.54) is 5.56 Å². The van der Waals surface area contributed by atoms with E-state index in [1.54, 1.807) is 0 Å². The van der Waals surface area contributed by atoms with Gasteiger partial charge in [-0.05, 0) is 36.3 Å². The maximum absolute atomic E-state index is 10.5. The first-order chi connectivity index (χ1) is 6.90. The smallest absolute Gasteiger partial charge is 0.145 e. The first-order valence-corrected chi connectivity index (χ1v) is 5.09. The van der Waals surface area contributed by atoms with Gasteiger partial charge in [0, 0.05) is 0 Å². The highest BCUT2D eigenvalue weighted by molar-refractivity contribution is 5.73. The third-order valence-electron chi connectivity index (χ3n) is 2.87. The van der Waals surface area contributed by atoms with Crippen molar-refractivity contribution < 1.29 is 4.79 Å². The second-order valence-electron chi connectivity index (χ2n) is 3.78. The summed E-state index contributed by atoms with van der Waals surface area (Å²) >= 11 is 0. The summed E-state index contributed by atoms with van der Waals surface area (Å²) in [6, 6.07) is 10.5. The molecule has 0 bridgehead atoms. The average molecular weight is 186 g/mol. The Morgan fingerprint density at radius 2 is 2.00 bits per heavy atom. The molecule has 1 aliphatic carbocycles. The monoisotopic (exact) mass is 186 g/mol. The largest absolute Gasteiger partial charge is 0.298 e. The molecule has 2 rings (SSSR count). The number of carbonyl (C=O) groups is 1. The molecular weight excluding hydrogens is 172 g/mol. The van der Waals surface area contributed by atoms with Crippen molar-refractivity contribution in [2.75, 3.05) is 0 Å². The van der Waals surface area contributed by atoms with Gasteiger partial charge in [-0.3, -0.25) is 4.79 Å². The molecule has 1 heteroatoms. The van der Waals surface area contributed by atoms with Gasteiger partial charge in [0.25, 0.3) is 0 Å². The van der Waals surface area contributed by atoms with Crippen molar-refractivity contribution >= 4 is 6.29 Å². The molecule has 0 spiro atoms. The third kappa shape index (κ3) is 1.92. The Bertz CT molecular complexity index is 338. The topological polar surface area (TPSA) is 17.1 Å². The summed E-state index contributed by atoms with van der Waals surface area (Å²) in [6.07, 6.45) is 6.12. The van der Waals surface area contributed by atoms with E-state index in [4.69, 9.17) is 0 Å². The van der Waals surface area contributed by atoms with Gasteiger partial charge in [-0.25, -0.2) is 0 Å². The summed E-state index contributed by atoms with van der Waals surface area (Å²) in [5, 5.41) is 0. The molecule has 0 radical (unpaired) electrons. The zero-order valence-corrected chi connectivity index (χ0v) is 8.15. The standard InChI is InChI=1S/C13H14O/c14-10-11-6-8-13(9-7-11)12-4-2-1-3-5-12/h1-6,10,13H,7-9H2. The fraction of sp³-hybridized carbons (Fsp3) is 0.308. The molecule has 0 N–H and O–H groups in total. The summed E-state index contributed by atoms with van der Waals surface area (Å²) in [5.41, 5.74) is 2.37. The number of allylic oxidation sites excluding steroid dienone is 2. The highest BCUT2D eigenvalue weighted by Gasteiger charge is 2.15. The van der Waals surface area contributed by atoms with Crippen molar-refractivity contribution in [2.45, 2.75) is 25.2 Å². The lowest BCUT2D eigenvalue weighted by Crippen LogP contribution is -2.04. The Labute approximate surface area is 84.5 Å². The average Bonchev–Trinajstić information content (AvgIpc) is 2.30. The number of benzene rings is 1. The molecule has 0 fully saturated rings. The van der Waals surface area contributed by atoms with Crippen LogP contribution < -0.4 is 0 Å². The SMILES string of the molecule is O=CC1=CCC(c2ccccc2)CC1. The molecule has 1 unspecified atom stereocenters. The van der Waals surface area contributed by atoms with Gasteiger partial charge in [-0.1, -0.05) is 36.4 Å². The van der Waals surface area contributed by atoms with Gasteiger partial charge in [0.2, 0.25) is 0 Å². The van der Waals surface area contributed by atoms with Gasteiger partial charge >= 0.3 is 0 Å². The molecule has 0 heterocycles. The molecule has 1 atom stereocenters. The van der Waals surface area contributed by atoms with Crippen LogP contribution in [0.4, 0.5) is 0 Å². The summed E-state index contributed by atoms with van der Waals surface area (Å²) in [7, 11) is 0. The molecular formula is C13H14O. The van der Waals surface area contributed by atoms with Gasteiger partial charge in [0.05, 0.1) is 0 Å². The molecule has 0 saturated carbocycles. The van der Waals surface area contributed by atoms with E-state index in [0.717, 1.165) is 31.1 Å². The highest BCUT2D eigenvalue weighted by atomic mass is 16.1. The van der Waals surface area contributed by atoms with Crippen LogP contribution in [0.3, 0.4) is 0 Å². The van der Waals surface area contributed by atoms with Crippen LogP contribution in [0, 0.1) is 0 Å². The fourth-order valence-electron chi connectivity index (χ4n) is 1.99. The fourth-order valence-corrected chi connectivity index (χ4v) is 1.99.